The second-order valence-electron chi connectivity index (χ2n) is 17.1. The molecule has 1 saturated heterocycles. The van der Waals surface area contributed by atoms with E-state index in [0.717, 1.165) is 21.6 Å². The van der Waals surface area contributed by atoms with Crippen molar-refractivity contribution in [1.29, 1.82) is 0 Å². The molecular weight excluding hydrogens is 679 g/mol. The lowest BCUT2D eigenvalue weighted by Crippen LogP contribution is -2.56. The third-order valence-corrected chi connectivity index (χ3v) is 12.0. The van der Waals surface area contributed by atoms with E-state index in [-0.39, 0.29) is 32.3 Å². The molecule has 3 rings (SSSR count). The van der Waals surface area contributed by atoms with Gasteiger partial charge in [0.25, 0.3) is 0 Å². The zero-order chi connectivity index (χ0) is 39.1. The summed E-state index contributed by atoms with van der Waals surface area (Å²) in [5.41, 5.74) is 2.08. The predicted octanol–water partition coefficient (Wildman–Crippen LogP) is 10.0. The molecule has 0 aliphatic carbocycles. The highest BCUT2D eigenvalue weighted by atomic mass is 31.2. The van der Waals surface area contributed by atoms with Crippen molar-refractivity contribution in [2.45, 2.75) is 137 Å². The number of esters is 1. The fraction of sp³-hybridized carbons (Fsp3) is 0.634. The van der Waals surface area contributed by atoms with Gasteiger partial charge in [-0.25, -0.2) is 14.5 Å². The van der Waals surface area contributed by atoms with Crippen LogP contribution in [0.3, 0.4) is 0 Å². The molecule has 1 aliphatic rings. The topological polar surface area (TPSA) is 112 Å². The molecule has 0 saturated carbocycles. The summed E-state index contributed by atoms with van der Waals surface area (Å²) in [7, 11) is -3.59. The largest absolute Gasteiger partial charge is 0.459 e. The third-order valence-electron chi connectivity index (χ3n) is 8.71. The highest BCUT2D eigenvalue weighted by molar-refractivity contribution is 7.62. The number of hydrogen-bond donors (Lipinski definition) is 0. The molecule has 290 valence electrons. The molecular formula is C41H63N2O8P. The van der Waals surface area contributed by atoms with Crippen molar-refractivity contribution < 1.29 is 37.7 Å². The molecule has 10 nitrogen and oxygen atoms in total. The van der Waals surface area contributed by atoms with E-state index in [9.17, 15) is 18.9 Å². The maximum absolute atomic E-state index is 14.9. The second-order valence-corrected chi connectivity index (χ2v) is 20.0. The van der Waals surface area contributed by atoms with Gasteiger partial charge in [-0.2, -0.15) is 0 Å². The van der Waals surface area contributed by atoms with Gasteiger partial charge < -0.3 is 18.7 Å². The third kappa shape index (κ3) is 11.9. The molecule has 0 radical (unpaired) electrons. The molecule has 2 unspecified atom stereocenters. The van der Waals surface area contributed by atoms with Crippen molar-refractivity contribution in [3.63, 3.8) is 0 Å². The van der Waals surface area contributed by atoms with E-state index in [1.807, 2.05) is 12.1 Å². The molecule has 0 N–H and O–H groups in total. The number of hydrogen-bond acceptors (Lipinski definition) is 9. The van der Waals surface area contributed by atoms with Crippen LogP contribution in [-0.2, 0) is 34.6 Å². The average Bonchev–Trinajstić information content (AvgIpc) is 3.00. The Labute approximate surface area is 312 Å². The summed E-state index contributed by atoms with van der Waals surface area (Å²) < 4.78 is 38.1. The summed E-state index contributed by atoms with van der Waals surface area (Å²) in [6, 6.07) is 16.9. The standard InChI is InChI=1S/C41H63N2O8P/c1-13-48-52(47)27-26-42(28-33-18-14-15-19-34(33)32-22-20-31(21-23-32)30(2)3)29-41(52,35(44)49-38(4,5)6)24-16-17-25-43(36(45)50-39(7,8)9)37(46)51-40(10,11)12/h14-15,18-23,30H,13,16-17,24-29H2,1-12H3. The van der Waals surface area contributed by atoms with Crippen molar-refractivity contribution in [2.75, 3.05) is 32.4 Å². The van der Waals surface area contributed by atoms with Crippen LogP contribution in [0.2, 0.25) is 0 Å². The van der Waals surface area contributed by atoms with Gasteiger partial charge in [-0.15, -0.1) is 0 Å². The molecule has 1 aliphatic heterocycles. The summed E-state index contributed by atoms with van der Waals surface area (Å²) in [4.78, 5) is 43.8. The van der Waals surface area contributed by atoms with Crippen LogP contribution in [0, 0.1) is 0 Å². The molecule has 2 amide bonds. The van der Waals surface area contributed by atoms with Crippen molar-refractivity contribution in [2.24, 2.45) is 0 Å². The molecule has 1 heterocycles. The number of carbonyl (C=O) groups is 3. The van der Waals surface area contributed by atoms with Gasteiger partial charge in [-0.1, -0.05) is 62.4 Å². The first-order valence-corrected chi connectivity index (χ1v) is 20.4. The van der Waals surface area contributed by atoms with Gasteiger partial charge in [-0.05, 0) is 117 Å². The van der Waals surface area contributed by atoms with Crippen LogP contribution < -0.4 is 0 Å². The number of ether oxygens (including phenoxy) is 3. The fourth-order valence-electron chi connectivity index (χ4n) is 6.31. The van der Waals surface area contributed by atoms with Crippen LogP contribution >= 0.6 is 7.37 Å². The number of unbranched alkanes of at least 4 members (excludes halogenated alkanes) is 1. The SMILES string of the molecule is CCOP1(=O)CCN(Cc2ccccc2-c2ccc(C(C)C)cc2)CC1(CCCCN(C(=O)OC(C)(C)C)C(=O)OC(C)(C)C)C(=O)OC(C)(C)C. The van der Waals surface area contributed by atoms with Gasteiger partial charge in [0, 0.05) is 32.3 Å². The first-order valence-electron chi connectivity index (χ1n) is 18.6. The van der Waals surface area contributed by atoms with Gasteiger partial charge in [-0.3, -0.25) is 14.3 Å². The van der Waals surface area contributed by atoms with Gasteiger partial charge >= 0.3 is 18.2 Å². The van der Waals surface area contributed by atoms with Gasteiger partial charge in [0.15, 0.2) is 5.16 Å². The van der Waals surface area contributed by atoms with E-state index in [2.05, 4.69) is 55.1 Å². The Morgan fingerprint density at radius 2 is 1.38 bits per heavy atom. The van der Waals surface area contributed by atoms with Gasteiger partial charge in [0.05, 0.1) is 6.61 Å². The van der Waals surface area contributed by atoms with E-state index in [1.165, 1.54) is 5.56 Å². The zero-order valence-corrected chi connectivity index (χ0v) is 34.6. The Morgan fingerprint density at radius 3 is 1.90 bits per heavy atom. The highest BCUT2D eigenvalue weighted by Crippen LogP contribution is 2.64. The number of rotatable bonds is 12. The quantitative estimate of drug-likeness (QED) is 0.0908. The first-order chi connectivity index (χ1) is 24.0. The molecule has 0 aromatic heterocycles. The van der Waals surface area contributed by atoms with E-state index < -0.39 is 47.5 Å². The molecule has 52 heavy (non-hydrogen) atoms. The van der Waals surface area contributed by atoms with E-state index in [4.69, 9.17) is 18.7 Å². The van der Waals surface area contributed by atoms with Gasteiger partial charge in [0.2, 0.25) is 7.37 Å². The van der Waals surface area contributed by atoms with E-state index in [0.29, 0.717) is 31.8 Å². The van der Waals surface area contributed by atoms with Crippen molar-refractivity contribution in [3.05, 3.63) is 59.7 Å². The van der Waals surface area contributed by atoms with Crippen molar-refractivity contribution in [3.8, 4) is 11.1 Å². The summed E-state index contributed by atoms with van der Waals surface area (Å²) in [5.74, 6) is -0.132. The highest BCUT2D eigenvalue weighted by Gasteiger charge is 2.59. The number of carbonyl (C=O) groups excluding carboxylic acids is 3. The predicted molar refractivity (Wildman–Crippen MR) is 207 cm³/mol. The normalized spacial score (nSPS) is 20.0. The fourth-order valence-corrected chi connectivity index (χ4v) is 9.32. The Kier molecular flexibility index (Phi) is 14.4. The lowest BCUT2D eigenvalue weighted by atomic mass is 9.95. The van der Waals surface area contributed by atoms with Crippen LogP contribution in [0.4, 0.5) is 9.59 Å². The molecule has 0 spiro atoms. The van der Waals surface area contributed by atoms with Crippen LogP contribution in [0.5, 0.6) is 0 Å². The number of imide groups is 1. The lowest BCUT2D eigenvalue weighted by molar-refractivity contribution is -0.160. The zero-order valence-electron chi connectivity index (χ0n) is 33.7. The Morgan fingerprint density at radius 1 is 0.827 bits per heavy atom. The van der Waals surface area contributed by atoms with E-state index in [1.54, 1.807) is 69.2 Å². The van der Waals surface area contributed by atoms with Crippen LogP contribution in [0.25, 0.3) is 11.1 Å². The molecule has 0 bridgehead atoms. The van der Waals surface area contributed by atoms with Crippen LogP contribution in [0.1, 0.15) is 119 Å². The lowest BCUT2D eigenvalue weighted by Gasteiger charge is -2.46. The van der Waals surface area contributed by atoms with Crippen molar-refractivity contribution in [1.82, 2.24) is 9.80 Å². The smallest absolute Gasteiger partial charge is 0.419 e. The number of benzene rings is 2. The van der Waals surface area contributed by atoms with Crippen LogP contribution in [0.15, 0.2) is 48.5 Å². The Hall–Kier alpha value is -3.20. The number of nitrogens with zero attached hydrogens (tertiary/aromatic N) is 2. The van der Waals surface area contributed by atoms with Gasteiger partial charge in [0.1, 0.15) is 16.8 Å². The molecule has 1 fully saturated rings. The molecule has 11 heteroatoms. The minimum atomic E-state index is -3.59. The molecule has 2 atom stereocenters. The minimum absolute atomic E-state index is 0.0140. The summed E-state index contributed by atoms with van der Waals surface area (Å²) in [6.45, 7) is 23.2. The molecule has 2 aromatic rings. The summed E-state index contributed by atoms with van der Waals surface area (Å²) >= 11 is 0. The van der Waals surface area contributed by atoms with E-state index >= 15 is 0 Å². The molecule has 2 aromatic carbocycles. The minimum Gasteiger partial charge on any atom is -0.459 e. The average molecular weight is 743 g/mol. The van der Waals surface area contributed by atoms with Crippen molar-refractivity contribution >= 4 is 25.5 Å². The summed E-state index contributed by atoms with van der Waals surface area (Å²) in [5, 5.41) is -1.47. The Bertz CT molecular complexity index is 1540. The first kappa shape index (κ1) is 43.2. The Balaban J connectivity index is 1.95. The monoisotopic (exact) mass is 742 g/mol. The van der Waals surface area contributed by atoms with Crippen LogP contribution in [-0.4, -0.2) is 82.3 Å². The maximum atomic E-state index is 14.9. The summed E-state index contributed by atoms with van der Waals surface area (Å²) in [6.07, 6.45) is -0.609. The maximum Gasteiger partial charge on any atom is 0.419 e. The second kappa shape index (κ2) is 17.3. The number of amides is 2.